The Balaban J connectivity index is 1.71. The summed E-state index contributed by atoms with van der Waals surface area (Å²) in [5.74, 6) is -0.0495. The van der Waals surface area contributed by atoms with Crippen molar-refractivity contribution in [3.05, 3.63) is 35.9 Å². The normalized spacial score (nSPS) is 17.8. The van der Waals surface area contributed by atoms with Crippen molar-refractivity contribution in [3.8, 4) is 0 Å². The first-order valence-electron chi connectivity index (χ1n) is 6.90. The zero-order valence-electron chi connectivity index (χ0n) is 11.3. The predicted molar refractivity (Wildman–Crippen MR) is 74.8 cm³/mol. The largest absolute Gasteiger partial charge is 0.391 e. The minimum absolute atomic E-state index is 0.0495. The summed E-state index contributed by atoms with van der Waals surface area (Å²) in [6, 6.07) is 10.1. The highest BCUT2D eigenvalue weighted by atomic mass is 16.3. The van der Waals surface area contributed by atoms with Crippen molar-refractivity contribution in [2.24, 2.45) is 0 Å². The third-order valence-electron chi connectivity index (χ3n) is 3.38. The van der Waals surface area contributed by atoms with Gasteiger partial charge in [-0.25, -0.2) is 0 Å². The lowest BCUT2D eigenvalue weighted by molar-refractivity contribution is -0.121. The molecular formula is C15H22N2O2. The van der Waals surface area contributed by atoms with Crippen LogP contribution < -0.4 is 10.6 Å². The van der Waals surface area contributed by atoms with Crippen LogP contribution in [-0.4, -0.2) is 35.7 Å². The molecule has 0 spiro atoms. The van der Waals surface area contributed by atoms with Crippen molar-refractivity contribution in [3.63, 3.8) is 0 Å². The zero-order valence-corrected chi connectivity index (χ0v) is 11.3. The first kappa shape index (κ1) is 14.0. The molecule has 3 N–H and O–H groups in total. The van der Waals surface area contributed by atoms with Crippen LogP contribution in [0.4, 0.5) is 0 Å². The molecular weight excluding hydrogens is 240 g/mol. The fourth-order valence-corrected chi connectivity index (χ4v) is 1.96. The summed E-state index contributed by atoms with van der Waals surface area (Å²) in [5, 5.41) is 16.1. The highest BCUT2D eigenvalue weighted by Gasteiger charge is 2.22. The van der Waals surface area contributed by atoms with Gasteiger partial charge in [0.05, 0.1) is 18.7 Å². The van der Waals surface area contributed by atoms with E-state index in [2.05, 4.69) is 10.6 Å². The van der Waals surface area contributed by atoms with Crippen molar-refractivity contribution in [2.75, 3.05) is 6.54 Å². The molecule has 1 aliphatic carbocycles. The molecule has 4 heteroatoms. The lowest BCUT2D eigenvalue weighted by atomic mass is 10.0. The van der Waals surface area contributed by atoms with Crippen LogP contribution in [0.3, 0.4) is 0 Å². The van der Waals surface area contributed by atoms with E-state index in [-0.39, 0.29) is 11.9 Å². The van der Waals surface area contributed by atoms with Gasteiger partial charge < -0.3 is 15.7 Å². The first-order valence-corrected chi connectivity index (χ1v) is 6.90. The molecule has 0 heterocycles. The van der Waals surface area contributed by atoms with E-state index in [1.807, 2.05) is 37.3 Å². The summed E-state index contributed by atoms with van der Waals surface area (Å²) in [5.41, 5.74) is 1.08. The number of aliphatic hydroxyl groups is 1. The van der Waals surface area contributed by atoms with Crippen LogP contribution in [0.2, 0.25) is 0 Å². The second kappa shape index (κ2) is 6.68. The van der Waals surface area contributed by atoms with Gasteiger partial charge in [0.25, 0.3) is 0 Å². The summed E-state index contributed by atoms with van der Waals surface area (Å²) >= 11 is 0. The summed E-state index contributed by atoms with van der Waals surface area (Å²) in [6.45, 7) is 2.18. The second-order valence-electron chi connectivity index (χ2n) is 5.27. The van der Waals surface area contributed by atoms with E-state index in [0.717, 1.165) is 5.56 Å². The molecule has 2 unspecified atom stereocenters. The standard InChI is InChI=1S/C15H22N2O2/c1-11(17-15(19)10-16-13-7-8-13)14(18)9-12-5-3-2-4-6-12/h2-6,11,13-14,16,18H,7-10H2,1H3,(H,17,19). The lowest BCUT2D eigenvalue weighted by Gasteiger charge is -2.20. The van der Waals surface area contributed by atoms with Crippen LogP contribution in [0.15, 0.2) is 30.3 Å². The number of amides is 1. The highest BCUT2D eigenvalue weighted by molar-refractivity contribution is 5.78. The number of carbonyl (C=O) groups is 1. The van der Waals surface area contributed by atoms with Gasteiger partial charge in [0.2, 0.25) is 5.91 Å². The third-order valence-corrected chi connectivity index (χ3v) is 3.38. The van der Waals surface area contributed by atoms with Gasteiger partial charge in [-0.3, -0.25) is 4.79 Å². The molecule has 2 rings (SSSR count). The molecule has 104 valence electrons. The minimum atomic E-state index is -0.563. The van der Waals surface area contributed by atoms with Gasteiger partial charge in [-0.05, 0) is 25.3 Å². The van der Waals surface area contributed by atoms with Gasteiger partial charge in [-0.15, -0.1) is 0 Å². The quantitative estimate of drug-likeness (QED) is 0.682. The molecule has 0 bridgehead atoms. The Bertz CT molecular complexity index is 404. The smallest absolute Gasteiger partial charge is 0.234 e. The Morgan fingerprint density at radius 2 is 2.05 bits per heavy atom. The summed E-state index contributed by atoms with van der Waals surface area (Å²) in [4.78, 5) is 11.7. The number of carbonyl (C=O) groups excluding carboxylic acids is 1. The fourth-order valence-electron chi connectivity index (χ4n) is 1.96. The number of rotatable bonds is 7. The van der Waals surface area contributed by atoms with Gasteiger partial charge >= 0.3 is 0 Å². The Hall–Kier alpha value is -1.39. The molecule has 1 aromatic carbocycles. The number of hydrogen-bond acceptors (Lipinski definition) is 3. The second-order valence-corrected chi connectivity index (χ2v) is 5.27. The fraction of sp³-hybridized carbons (Fsp3) is 0.533. The van der Waals surface area contributed by atoms with Crippen molar-refractivity contribution in [2.45, 2.75) is 44.4 Å². The molecule has 19 heavy (non-hydrogen) atoms. The molecule has 1 aromatic rings. The van der Waals surface area contributed by atoms with Crippen LogP contribution in [-0.2, 0) is 11.2 Å². The number of nitrogens with one attached hydrogen (secondary N) is 2. The van der Waals surface area contributed by atoms with Crippen LogP contribution in [0.5, 0.6) is 0 Å². The Morgan fingerprint density at radius 1 is 1.37 bits per heavy atom. The van der Waals surface area contributed by atoms with E-state index in [0.29, 0.717) is 19.0 Å². The molecule has 1 amide bonds. The van der Waals surface area contributed by atoms with Gasteiger partial charge in [0.15, 0.2) is 0 Å². The maximum atomic E-state index is 11.7. The summed E-state index contributed by atoms with van der Waals surface area (Å²) < 4.78 is 0. The van der Waals surface area contributed by atoms with Crippen LogP contribution in [0, 0.1) is 0 Å². The monoisotopic (exact) mass is 262 g/mol. The molecule has 4 nitrogen and oxygen atoms in total. The van der Waals surface area contributed by atoms with Crippen LogP contribution in [0.25, 0.3) is 0 Å². The maximum absolute atomic E-state index is 11.7. The van der Waals surface area contributed by atoms with E-state index >= 15 is 0 Å². The van der Waals surface area contributed by atoms with Crippen LogP contribution in [0.1, 0.15) is 25.3 Å². The van der Waals surface area contributed by atoms with Crippen LogP contribution >= 0.6 is 0 Å². The van der Waals surface area contributed by atoms with E-state index in [1.165, 1.54) is 12.8 Å². The Labute approximate surface area is 114 Å². The molecule has 1 fully saturated rings. The van der Waals surface area contributed by atoms with E-state index in [4.69, 9.17) is 0 Å². The van der Waals surface area contributed by atoms with E-state index in [9.17, 15) is 9.90 Å². The van der Waals surface area contributed by atoms with E-state index in [1.54, 1.807) is 0 Å². The van der Waals surface area contributed by atoms with Gasteiger partial charge in [-0.1, -0.05) is 30.3 Å². The van der Waals surface area contributed by atoms with E-state index < -0.39 is 6.10 Å². The molecule has 2 atom stereocenters. The Morgan fingerprint density at radius 3 is 2.68 bits per heavy atom. The number of aliphatic hydroxyl groups excluding tert-OH is 1. The van der Waals surface area contributed by atoms with Crippen molar-refractivity contribution in [1.82, 2.24) is 10.6 Å². The van der Waals surface area contributed by atoms with Crippen molar-refractivity contribution < 1.29 is 9.90 Å². The van der Waals surface area contributed by atoms with Crippen molar-refractivity contribution >= 4 is 5.91 Å². The lowest BCUT2D eigenvalue weighted by Crippen LogP contribution is -2.45. The molecule has 0 aliphatic heterocycles. The zero-order chi connectivity index (χ0) is 13.7. The number of hydrogen-bond donors (Lipinski definition) is 3. The molecule has 0 aromatic heterocycles. The average Bonchev–Trinajstić information content (AvgIpc) is 3.21. The number of benzene rings is 1. The maximum Gasteiger partial charge on any atom is 0.234 e. The van der Waals surface area contributed by atoms with Gasteiger partial charge in [-0.2, -0.15) is 0 Å². The summed E-state index contributed by atoms with van der Waals surface area (Å²) in [6.07, 6.45) is 2.32. The Kier molecular flexibility index (Phi) is 4.93. The predicted octanol–water partition coefficient (Wildman–Crippen LogP) is 0.847. The topological polar surface area (TPSA) is 61.4 Å². The highest BCUT2D eigenvalue weighted by Crippen LogP contribution is 2.17. The van der Waals surface area contributed by atoms with Gasteiger partial charge in [0, 0.05) is 12.5 Å². The molecule has 0 radical (unpaired) electrons. The summed E-state index contributed by atoms with van der Waals surface area (Å²) in [7, 11) is 0. The average molecular weight is 262 g/mol. The molecule has 0 saturated heterocycles. The first-order chi connectivity index (χ1) is 9.15. The van der Waals surface area contributed by atoms with Gasteiger partial charge in [0.1, 0.15) is 0 Å². The minimum Gasteiger partial charge on any atom is -0.391 e. The molecule has 1 saturated carbocycles. The van der Waals surface area contributed by atoms with Crippen molar-refractivity contribution in [1.29, 1.82) is 0 Å². The SMILES string of the molecule is CC(NC(=O)CNC1CC1)C(O)Cc1ccccc1. The molecule has 1 aliphatic rings. The third kappa shape index (κ3) is 5.01.